The number of rotatable bonds is 4. The Hall–Kier alpha value is -1.75. The summed E-state index contributed by atoms with van der Waals surface area (Å²) in [5.74, 6) is -0.632. The first-order chi connectivity index (χ1) is 11.1. The Balaban J connectivity index is 1.88. The van der Waals surface area contributed by atoms with E-state index in [2.05, 4.69) is 4.90 Å². The monoisotopic (exact) mass is 333 g/mol. The largest absolute Gasteiger partial charge is 0.379 e. The first kappa shape index (κ1) is 16.1. The first-order valence-electron chi connectivity index (χ1n) is 7.53. The molecule has 0 bridgehead atoms. The van der Waals surface area contributed by atoms with Crippen LogP contribution in [0, 0.1) is 5.82 Å². The molecule has 120 valence electrons. The minimum atomic E-state index is -0.451. The molecule has 0 aliphatic carbocycles. The molecule has 0 unspecified atom stereocenters. The van der Waals surface area contributed by atoms with Gasteiger partial charge in [0.1, 0.15) is 5.82 Å². The van der Waals surface area contributed by atoms with Crippen LogP contribution in [0.3, 0.4) is 0 Å². The minimum Gasteiger partial charge on any atom is -0.379 e. The van der Waals surface area contributed by atoms with Gasteiger partial charge in [0.05, 0.1) is 18.2 Å². The molecule has 1 aliphatic rings. The fourth-order valence-corrected chi connectivity index (χ4v) is 2.95. The Morgan fingerprint density at radius 1 is 1.13 bits per heavy atom. The molecule has 0 spiro atoms. The van der Waals surface area contributed by atoms with E-state index in [1.54, 1.807) is 6.07 Å². The summed E-state index contributed by atoms with van der Waals surface area (Å²) in [5, 5.41) is 0.135. The van der Waals surface area contributed by atoms with Gasteiger partial charge in [0.2, 0.25) is 0 Å². The molecule has 23 heavy (non-hydrogen) atoms. The van der Waals surface area contributed by atoms with Crippen molar-refractivity contribution in [3.05, 3.63) is 70.0 Å². The van der Waals surface area contributed by atoms with Crippen molar-refractivity contribution in [3.8, 4) is 0 Å². The molecular formula is C18H17ClFNO2. The van der Waals surface area contributed by atoms with E-state index in [1.807, 2.05) is 18.2 Å². The Kier molecular flexibility index (Phi) is 5.06. The second-order valence-corrected chi connectivity index (χ2v) is 5.91. The van der Waals surface area contributed by atoms with Gasteiger partial charge in [-0.25, -0.2) is 4.39 Å². The van der Waals surface area contributed by atoms with E-state index in [1.165, 1.54) is 18.2 Å². The summed E-state index contributed by atoms with van der Waals surface area (Å²) < 4.78 is 18.5. The topological polar surface area (TPSA) is 29.5 Å². The molecule has 1 aliphatic heterocycles. The van der Waals surface area contributed by atoms with E-state index in [9.17, 15) is 9.18 Å². The smallest absolute Gasteiger partial charge is 0.194 e. The van der Waals surface area contributed by atoms with Gasteiger partial charge in [-0.1, -0.05) is 35.9 Å². The second-order valence-electron chi connectivity index (χ2n) is 5.50. The van der Waals surface area contributed by atoms with Crippen LogP contribution >= 0.6 is 11.6 Å². The third-order valence-electron chi connectivity index (χ3n) is 3.94. The van der Waals surface area contributed by atoms with Crippen LogP contribution in [0.25, 0.3) is 0 Å². The Morgan fingerprint density at radius 2 is 1.87 bits per heavy atom. The number of ether oxygens (including phenoxy) is 1. The zero-order valence-corrected chi connectivity index (χ0v) is 13.4. The van der Waals surface area contributed by atoms with E-state index in [-0.39, 0.29) is 10.8 Å². The highest BCUT2D eigenvalue weighted by Gasteiger charge is 2.19. The number of benzene rings is 2. The lowest BCUT2D eigenvalue weighted by Crippen LogP contribution is -2.36. The maximum atomic E-state index is 13.2. The molecule has 1 fully saturated rings. The number of ketones is 1. The van der Waals surface area contributed by atoms with Crippen molar-refractivity contribution in [1.82, 2.24) is 4.90 Å². The summed E-state index contributed by atoms with van der Waals surface area (Å²) >= 11 is 6.03. The van der Waals surface area contributed by atoms with Gasteiger partial charge in [0.15, 0.2) is 5.78 Å². The zero-order chi connectivity index (χ0) is 16.2. The maximum Gasteiger partial charge on any atom is 0.194 e. The predicted molar refractivity (Wildman–Crippen MR) is 87.4 cm³/mol. The van der Waals surface area contributed by atoms with Gasteiger partial charge >= 0.3 is 0 Å². The molecule has 0 N–H and O–H groups in total. The summed E-state index contributed by atoms with van der Waals surface area (Å²) in [4.78, 5) is 15.0. The van der Waals surface area contributed by atoms with Gasteiger partial charge in [-0.15, -0.1) is 0 Å². The predicted octanol–water partition coefficient (Wildman–Crippen LogP) is 3.54. The molecule has 3 rings (SSSR count). The SMILES string of the molecule is O=C(c1ccc(F)cc1Cl)c1ccccc1CN1CCOCC1. The molecule has 0 aromatic heterocycles. The molecule has 5 heteroatoms. The normalized spacial score (nSPS) is 15.6. The summed E-state index contributed by atoms with van der Waals surface area (Å²) in [5.41, 5.74) is 1.87. The summed E-state index contributed by atoms with van der Waals surface area (Å²) in [6.45, 7) is 3.80. The van der Waals surface area contributed by atoms with Crippen molar-refractivity contribution in [2.45, 2.75) is 6.54 Å². The molecular weight excluding hydrogens is 317 g/mol. The molecule has 0 radical (unpaired) electrons. The van der Waals surface area contributed by atoms with Gasteiger partial charge in [-0.05, 0) is 23.8 Å². The highest BCUT2D eigenvalue weighted by molar-refractivity contribution is 6.35. The lowest BCUT2D eigenvalue weighted by Gasteiger charge is -2.27. The molecule has 1 saturated heterocycles. The number of hydrogen-bond acceptors (Lipinski definition) is 3. The van der Waals surface area contributed by atoms with Crippen molar-refractivity contribution >= 4 is 17.4 Å². The fourth-order valence-electron chi connectivity index (χ4n) is 2.70. The van der Waals surface area contributed by atoms with Crippen molar-refractivity contribution in [2.24, 2.45) is 0 Å². The van der Waals surface area contributed by atoms with Crippen molar-refractivity contribution < 1.29 is 13.9 Å². The number of hydrogen-bond donors (Lipinski definition) is 0. The van der Waals surface area contributed by atoms with E-state index < -0.39 is 5.82 Å². The van der Waals surface area contributed by atoms with Crippen LogP contribution in [-0.4, -0.2) is 37.0 Å². The van der Waals surface area contributed by atoms with Crippen LogP contribution in [0.1, 0.15) is 21.5 Å². The fraction of sp³-hybridized carbons (Fsp3) is 0.278. The van der Waals surface area contributed by atoms with Crippen molar-refractivity contribution in [3.63, 3.8) is 0 Å². The summed E-state index contributed by atoms with van der Waals surface area (Å²) in [6.07, 6.45) is 0. The van der Waals surface area contributed by atoms with Gasteiger partial charge in [-0.3, -0.25) is 9.69 Å². The maximum absolute atomic E-state index is 13.2. The third kappa shape index (κ3) is 3.78. The lowest BCUT2D eigenvalue weighted by molar-refractivity contribution is 0.0341. The van der Waals surface area contributed by atoms with Crippen molar-refractivity contribution in [1.29, 1.82) is 0 Å². The number of carbonyl (C=O) groups is 1. The molecule has 0 amide bonds. The Bertz CT molecular complexity index is 714. The molecule has 2 aromatic rings. The van der Waals surface area contributed by atoms with Crippen LogP contribution in [0.15, 0.2) is 42.5 Å². The summed E-state index contributed by atoms with van der Waals surface area (Å²) in [7, 11) is 0. The van der Waals surface area contributed by atoms with E-state index in [4.69, 9.17) is 16.3 Å². The van der Waals surface area contributed by atoms with Gasteiger partial charge < -0.3 is 4.74 Å². The highest BCUT2D eigenvalue weighted by Crippen LogP contribution is 2.23. The van der Waals surface area contributed by atoms with Crippen molar-refractivity contribution in [2.75, 3.05) is 26.3 Å². The standard InChI is InChI=1S/C18H17ClFNO2/c19-17-11-14(20)5-6-16(17)18(22)15-4-2-1-3-13(15)12-21-7-9-23-10-8-21/h1-6,11H,7-10,12H2. The average molecular weight is 334 g/mol. The average Bonchev–Trinajstić information content (AvgIpc) is 2.56. The number of morpholine rings is 1. The van der Waals surface area contributed by atoms with Gasteiger partial charge in [0.25, 0.3) is 0 Å². The van der Waals surface area contributed by atoms with Gasteiger partial charge in [-0.2, -0.15) is 0 Å². The van der Waals surface area contributed by atoms with E-state index in [0.29, 0.717) is 30.9 Å². The van der Waals surface area contributed by atoms with Crippen LogP contribution < -0.4 is 0 Å². The van der Waals surface area contributed by atoms with Crippen LogP contribution in [-0.2, 0) is 11.3 Å². The molecule has 2 aromatic carbocycles. The van der Waals surface area contributed by atoms with E-state index in [0.717, 1.165) is 18.7 Å². The van der Waals surface area contributed by atoms with E-state index >= 15 is 0 Å². The van der Waals surface area contributed by atoms with Crippen LogP contribution in [0.2, 0.25) is 5.02 Å². The minimum absolute atomic E-state index is 0.135. The van der Waals surface area contributed by atoms with Gasteiger partial charge in [0, 0.05) is 30.8 Å². The quantitative estimate of drug-likeness (QED) is 0.801. The Labute approximate surface area is 139 Å². The molecule has 0 saturated carbocycles. The second kappa shape index (κ2) is 7.21. The van der Waals surface area contributed by atoms with Crippen LogP contribution in [0.4, 0.5) is 4.39 Å². The van der Waals surface area contributed by atoms with Crippen LogP contribution in [0.5, 0.6) is 0 Å². The molecule has 1 heterocycles. The lowest BCUT2D eigenvalue weighted by atomic mass is 9.98. The Morgan fingerprint density at radius 3 is 2.61 bits per heavy atom. The summed E-state index contributed by atoms with van der Waals surface area (Å²) in [6, 6.07) is 11.3. The molecule has 0 atom stereocenters. The highest BCUT2D eigenvalue weighted by atomic mass is 35.5. The molecule has 3 nitrogen and oxygen atoms in total. The number of carbonyl (C=O) groups excluding carboxylic acids is 1. The zero-order valence-electron chi connectivity index (χ0n) is 12.6. The number of nitrogens with zero attached hydrogens (tertiary/aromatic N) is 1. The first-order valence-corrected chi connectivity index (χ1v) is 7.91. The third-order valence-corrected chi connectivity index (χ3v) is 4.25. The number of halogens is 2.